The third-order valence-electron chi connectivity index (χ3n) is 6.54. The number of nitrogens with zero attached hydrogens (tertiary/aromatic N) is 3. The molecule has 3 heterocycles. The number of anilines is 1. The van der Waals surface area contributed by atoms with Crippen LogP contribution in [0.4, 0.5) is 5.69 Å². The smallest absolute Gasteiger partial charge is 0.335 e. The maximum absolute atomic E-state index is 13.4. The van der Waals surface area contributed by atoms with Crippen molar-refractivity contribution >= 4 is 46.4 Å². The van der Waals surface area contributed by atoms with Crippen LogP contribution in [0.2, 0.25) is 5.02 Å². The van der Waals surface area contributed by atoms with Crippen LogP contribution < -0.4 is 9.64 Å². The van der Waals surface area contributed by atoms with E-state index in [1.807, 2.05) is 17.0 Å². The van der Waals surface area contributed by atoms with Crippen molar-refractivity contribution in [2.24, 2.45) is 0 Å². The maximum Gasteiger partial charge on any atom is 0.335 e. The Labute approximate surface area is 210 Å². The number of likely N-dealkylation sites (tertiary alicyclic amines) is 1. The van der Waals surface area contributed by atoms with Crippen LogP contribution in [-0.4, -0.2) is 52.4 Å². The Morgan fingerprint density at radius 1 is 1.17 bits per heavy atom. The zero-order chi connectivity index (χ0) is 24.7. The van der Waals surface area contributed by atoms with Gasteiger partial charge in [0.05, 0.1) is 18.2 Å². The summed E-state index contributed by atoms with van der Waals surface area (Å²) in [5, 5.41) is 10.7. The molecule has 2 aromatic carbocycles. The van der Waals surface area contributed by atoms with Crippen molar-refractivity contribution < 1.29 is 24.2 Å². The Bertz CT molecular complexity index is 1320. The summed E-state index contributed by atoms with van der Waals surface area (Å²) in [5.74, 6) is -0.573. The van der Waals surface area contributed by atoms with E-state index in [4.69, 9.17) is 21.4 Å². The highest BCUT2D eigenvalue weighted by Gasteiger charge is 2.49. The molecule has 3 aromatic rings. The van der Waals surface area contributed by atoms with Gasteiger partial charge in [0.15, 0.2) is 0 Å². The number of carboxylic acids is 1. The van der Waals surface area contributed by atoms with Crippen molar-refractivity contribution in [2.75, 3.05) is 24.5 Å². The van der Waals surface area contributed by atoms with E-state index >= 15 is 0 Å². The lowest BCUT2D eigenvalue weighted by Gasteiger charge is -2.25. The molecule has 8 nitrogen and oxygen atoms in total. The first-order valence-corrected chi connectivity index (χ1v) is 12.3. The van der Waals surface area contributed by atoms with Gasteiger partial charge in [0.1, 0.15) is 10.8 Å². The predicted octanol–water partition coefficient (Wildman–Crippen LogP) is 4.37. The van der Waals surface area contributed by atoms with Crippen LogP contribution in [0.5, 0.6) is 10.8 Å². The monoisotopic (exact) mass is 511 g/mol. The van der Waals surface area contributed by atoms with Crippen molar-refractivity contribution in [3.8, 4) is 10.8 Å². The molecule has 2 aliphatic heterocycles. The number of carbonyl (C=O) groups is 3. The van der Waals surface area contributed by atoms with E-state index in [9.17, 15) is 14.4 Å². The highest BCUT2D eigenvalue weighted by atomic mass is 35.5. The van der Waals surface area contributed by atoms with E-state index in [2.05, 4.69) is 4.98 Å². The zero-order valence-corrected chi connectivity index (χ0v) is 20.4. The Kier molecular flexibility index (Phi) is 5.98. The summed E-state index contributed by atoms with van der Waals surface area (Å²) >= 11 is 7.57. The Morgan fingerprint density at radius 2 is 1.94 bits per heavy atom. The van der Waals surface area contributed by atoms with Crippen molar-refractivity contribution in [2.45, 2.75) is 25.2 Å². The number of hydrogen-bond acceptors (Lipinski definition) is 6. The van der Waals surface area contributed by atoms with Crippen LogP contribution >= 0.6 is 22.9 Å². The van der Waals surface area contributed by atoms with Gasteiger partial charge in [-0.15, -0.1) is 0 Å². The second kappa shape index (κ2) is 8.98. The lowest BCUT2D eigenvalue weighted by atomic mass is 9.81. The van der Waals surface area contributed by atoms with E-state index in [1.165, 1.54) is 23.5 Å². The molecule has 10 heteroatoms. The number of fused-ring (bicyclic) bond motifs is 2. The molecule has 180 valence electrons. The standard InChI is InChI=1S/C25H22ClN3O5S/c1-15(30)28-9-8-25(13-28)14-29(20-7-4-17(26)10-19(20)25)22(31)11-21-27-12-23(35-21)34-18-5-2-16(3-6-18)24(32)33/h2-7,10,12H,8-9,11,13-14H2,1H3,(H,32,33). The van der Waals surface area contributed by atoms with E-state index in [1.54, 1.807) is 36.2 Å². The number of thiazole rings is 1. The summed E-state index contributed by atoms with van der Waals surface area (Å²) in [7, 11) is 0. The lowest BCUT2D eigenvalue weighted by molar-refractivity contribution is -0.128. The molecule has 1 N–H and O–H groups in total. The first-order chi connectivity index (χ1) is 16.7. The fourth-order valence-corrected chi connectivity index (χ4v) is 5.73. The molecule has 0 aliphatic carbocycles. The molecular formula is C25H22ClN3O5S. The van der Waals surface area contributed by atoms with Gasteiger partial charge in [0, 0.05) is 42.7 Å². The Morgan fingerprint density at radius 3 is 2.63 bits per heavy atom. The molecule has 0 saturated carbocycles. The minimum atomic E-state index is -1.01. The van der Waals surface area contributed by atoms with Crippen LogP contribution in [0.25, 0.3) is 0 Å². The predicted molar refractivity (Wildman–Crippen MR) is 132 cm³/mol. The second-order valence-corrected chi connectivity index (χ2v) is 10.3. The SMILES string of the molecule is CC(=O)N1CCC2(C1)CN(C(=O)Cc1ncc(Oc3ccc(C(=O)O)cc3)s1)c1ccc(Cl)cc12. The second-order valence-electron chi connectivity index (χ2n) is 8.79. The number of aromatic nitrogens is 1. The largest absolute Gasteiger partial charge is 0.478 e. The number of rotatable bonds is 5. The molecule has 1 saturated heterocycles. The van der Waals surface area contributed by atoms with Crippen LogP contribution in [-0.2, 0) is 21.4 Å². The number of benzene rings is 2. The first-order valence-electron chi connectivity index (χ1n) is 11.1. The Hall–Kier alpha value is -3.43. The lowest BCUT2D eigenvalue weighted by Crippen LogP contribution is -2.40. The van der Waals surface area contributed by atoms with Crippen LogP contribution in [0.1, 0.15) is 34.3 Å². The van der Waals surface area contributed by atoms with Gasteiger partial charge < -0.3 is 19.6 Å². The molecule has 35 heavy (non-hydrogen) atoms. The third kappa shape index (κ3) is 4.49. The van der Waals surface area contributed by atoms with Crippen LogP contribution in [0, 0.1) is 0 Å². The molecule has 2 aliphatic rings. The minimum absolute atomic E-state index is 0.0307. The van der Waals surface area contributed by atoms with E-state index in [0.29, 0.717) is 40.5 Å². The summed E-state index contributed by atoms with van der Waals surface area (Å²) in [5.41, 5.74) is 1.69. The fraction of sp³-hybridized carbons (Fsp3) is 0.280. The van der Waals surface area contributed by atoms with Crippen molar-refractivity contribution in [1.29, 1.82) is 0 Å². The maximum atomic E-state index is 13.4. The van der Waals surface area contributed by atoms with Gasteiger partial charge in [-0.2, -0.15) is 0 Å². The van der Waals surface area contributed by atoms with Gasteiger partial charge in [0.2, 0.25) is 16.9 Å². The average molecular weight is 512 g/mol. The van der Waals surface area contributed by atoms with Gasteiger partial charge in [-0.05, 0) is 54.4 Å². The molecule has 1 unspecified atom stereocenters. The number of halogens is 1. The molecule has 5 rings (SSSR count). The molecule has 0 bridgehead atoms. The van der Waals surface area contributed by atoms with E-state index in [-0.39, 0.29) is 29.2 Å². The number of aromatic carboxylic acids is 1. The first kappa shape index (κ1) is 23.3. The molecule has 1 atom stereocenters. The normalized spacial score (nSPS) is 18.7. The number of ether oxygens (including phenoxy) is 1. The van der Waals surface area contributed by atoms with Crippen molar-refractivity contribution in [3.05, 3.63) is 69.8 Å². The number of carboxylic acid groups (broad SMARTS) is 1. The molecular weight excluding hydrogens is 490 g/mol. The number of carbonyl (C=O) groups excluding carboxylic acids is 2. The van der Waals surface area contributed by atoms with E-state index < -0.39 is 5.97 Å². The van der Waals surface area contributed by atoms with Gasteiger partial charge in [0.25, 0.3) is 0 Å². The van der Waals surface area contributed by atoms with Crippen molar-refractivity contribution in [3.63, 3.8) is 0 Å². The van der Waals surface area contributed by atoms with Gasteiger partial charge in [-0.3, -0.25) is 9.59 Å². The average Bonchev–Trinajstić information content (AvgIpc) is 3.53. The summed E-state index contributed by atoms with van der Waals surface area (Å²) < 4.78 is 5.77. The van der Waals surface area contributed by atoms with Gasteiger partial charge in [-0.25, -0.2) is 9.78 Å². The van der Waals surface area contributed by atoms with Crippen molar-refractivity contribution in [1.82, 2.24) is 9.88 Å². The minimum Gasteiger partial charge on any atom is -0.478 e. The fourth-order valence-electron chi connectivity index (χ4n) is 4.78. The highest BCUT2D eigenvalue weighted by molar-refractivity contribution is 7.13. The summed E-state index contributed by atoms with van der Waals surface area (Å²) in [6.45, 7) is 3.29. The summed E-state index contributed by atoms with van der Waals surface area (Å²) in [6, 6.07) is 11.6. The Balaban J connectivity index is 1.31. The summed E-state index contributed by atoms with van der Waals surface area (Å²) in [6.07, 6.45) is 2.44. The molecule has 0 radical (unpaired) electrons. The molecule has 1 fully saturated rings. The third-order valence-corrected chi connectivity index (χ3v) is 7.65. The molecule has 1 spiro atoms. The molecule has 1 aromatic heterocycles. The van der Waals surface area contributed by atoms with E-state index in [0.717, 1.165) is 17.7 Å². The summed E-state index contributed by atoms with van der Waals surface area (Å²) in [4.78, 5) is 44.3. The molecule has 2 amide bonds. The quantitative estimate of drug-likeness (QED) is 0.546. The highest BCUT2D eigenvalue weighted by Crippen LogP contribution is 2.47. The number of hydrogen-bond donors (Lipinski definition) is 1. The van der Waals surface area contributed by atoms with Crippen LogP contribution in [0.15, 0.2) is 48.7 Å². The van der Waals surface area contributed by atoms with Gasteiger partial charge in [-0.1, -0.05) is 22.9 Å². The number of amides is 2. The topological polar surface area (TPSA) is 100 Å². The van der Waals surface area contributed by atoms with Crippen LogP contribution in [0.3, 0.4) is 0 Å². The van der Waals surface area contributed by atoms with Gasteiger partial charge >= 0.3 is 5.97 Å². The zero-order valence-electron chi connectivity index (χ0n) is 18.9.